The second kappa shape index (κ2) is 12.0. The van der Waals surface area contributed by atoms with E-state index >= 15 is 0 Å². The number of aromatic amines is 2. The van der Waals surface area contributed by atoms with E-state index in [0.717, 1.165) is 63.7 Å². The Morgan fingerprint density at radius 2 is 1.48 bits per heavy atom. The Bertz CT molecular complexity index is 1620. The largest absolute Gasteiger partial charge is 0.445 e. The molecule has 3 aromatic carbocycles. The zero-order valence-corrected chi connectivity index (χ0v) is 24.0. The zero-order chi connectivity index (χ0) is 29.1. The van der Waals surface area contributed by atoms with E-state index in [0.29, 0.717) is 12.5 Å². The molecule has 6 rings (SSSR count). The fraction of sp³-hybridized carbons (Fsp3) is 0.265. The maximum atomic E-state index is 12.9. The third kappa shape index (κ3) is 5.85. The number of nitrogens with one attached hydrogen (secondary N) is 2. The Kier molecular flexibility index (Phi) is 7.88. The molecule has 8 nitrogen and oxygen atoms in total. The van der Waals surface area contributed by atoms with Gasteiger partial charge < -0.3 is 20.4 Å². The summed E-state index contributed by atoms with van der Waals surface area (Å²) in [5.41, 5.74) is 13.5. The van der Waals surface area contributed by atoms with Gasteiger partial charge in [-0.2, -0.15) is 0 Å². The van der Waals surface area contributed by atoms with Crippen molar-refractivity contribution >= 4 is 6.09 Å². The fourth-order valence-corrected chi connectivity index (χ4v) is 5.38. The Morgan fingerprint density at radius 3 is 2.12 bits per heavy atom. The van der Waals surface area contributed by atoms with Crippen LogP contribution in [0.3, 0.4) is 0 Å². The molecule has 2 atom stereocenters. The molecular weight excluding hydrogens is 524 g/mol. The molecule has 214 valence electrons. The van der Waals surface area contributed by atoms with Gasteiger partial charge in [-0.3, -0.25) is 4.90 Å². The molecule has 8 heteroatoms. The van der Waals surface area contributed by atoms with E-state index in [1.807, 2.05) is 42.7 Å². The summed E-state index contributed by atoms with van der Waals surface area (Å²) in [5, 5.41) is 0. The average Bonchev–Trinajstić information content (AvgIpc) is 3.81. The highest BCUT2D eigenvalue weighted by Gasteiger charge is 2.33. The summed E-state index contributed by atoms with van der Waals surface area (Å²) in [6.45, 7) is 5.11. The van der Waals surface area contributed by atoms with Crippen molar-refractivity contribution in [2.24, 2.45) is 11.7 Å². The molecule has 1 fully saturated rings. The van der Waals surface area contributed by atoms with Crippen molar-refractivity contribution < 1.29 is 9.53 Å². The molecule has 1 amide bonds. The number of carbonyl (C=O) groups excluding carboxylic acids is 1. The molecule has 0 saturated carbocycles. The Labute approximate surface area is 246 Å². The number of aromatic nitrogens is 4. The topological polar surface area (TPSA) is 113 Å². The van der Waals surface area contributed by atoms with Crippen LogP contribution in [-0.2, 0) is 11.3 Å². The lowest BCUT2D eigenvalue weighted by Crippen LogP contribution is -2.31. The molecule has 4 N–H and O–H groups in total. The van der Waals surface area contributed by atoms with Crippen molar-refractivity contribution in [2.75, 3.05) is 6.54 Å². The predicted molar refractivity (Wildman–Crippen MR) is 164 cm³/mol. The van der Waals surface area contributed by atoms with Gasteiger partial charge in [0, 0.05) is 6.54 Å². The highest BCUT2D eigenvalue weighted by molar-refractivity contribution is 5.72. The molecule has 0 aliphatic carbocycles. The van der Waals surface area contributed by atoms with E-state index in [-0.39, 0.29) is 24.8 Å². The van der Waals surface area contributed by atoms with Crippen molar-refractivity contribution in [1.82, 2.24) is 24.8 Å². The van der Waals surface area contributed by atoms with Gasteiger partial charge in [0.25, 0.3) is 0 Å². The SMILES string of the molecule is CC(C)[C@H](N)c1ncc(-c2ccc(-c3ccc(-c4cnc([C@@H]5CCCN5C(=O)OCc5ccccc5)[nH]4)cc3)cc2)[nH]1. The number of benzene rings is 3. The van der Waals surface area contributed by atoms with Crippen LogP contribution < -0.4 is 5.73 Å². The maximum Gasteiger partial charge on any atom is 0.410 e. The van der Waals surface area contributed by atoms with E-state index < -0.39 is 0 Å². The van der Waals surface area contributed by atoms with Gasteiger partial charge in [0.05, 0.1) is 35.9 Å². The zero-order valence-electron chi connectivity index (χ0n) is 24.0. The number of hydrogen-bond donors (Lipinski definition) is 3. The molecule has 0 unspecified atom stereocenters. The van der Waals surface area contributed by atoms with E-state index in [4.69, 9.17) is 10.5 Å². The second-order valence-electron chi connectivity index (χ2n) is 11.2. The molecule has 1 aliphatic rings. The molecule has 3 heterocycles. The van der Waals surface area contributed by atoms with E-state index in [1.54, 1.807) is 4.90 Å². The third-order valence-electron chi connectivity index (χ3n) is 7.96. The highest BCUT2D eigenvalue weighted by atomic mass is 16.6. The Balaban J connectivity index is 1.10. The third-order valence-corrected chi connectivity index (χ3v) is 7.96. The predicted octanol–water partition coefficient (Wildman–Crippen LogP) is 7.26. The van der Waals surface area contributed by atoms with Crippen LogP contribution in [-0.4, -0.2) is 37.5 Å². The summed E-state index contributed by atoms with van der Waals surface area (Å²) in [5.74, 6) is 1.91. The van der Waals surface area contributed by atoms with Crippen LogP contribution in [0.1, 0.15) is 56.0 Å². The number of hydrogen-bond acceptors (Lipinski definition) is 5. The minimum Gasteiger partial charge on any atom is -0.445 e. The molecule has 42 heavy (non-hydrogen) atoms. The van der Waals surface area contributed by atoms with Crippen LogP contribution in [0.15, 0.2) is 91.3 Å². The highest BCUT2D eigenvalue weighted by Crippen LogP contribution is 2.33. The fourth-order valence-electron chi connectivity index (χ4n) is 5.38. The Hall–Kier alpha value is -4.69. The first-order valence-corrected chi connectivity index (χ1v) is 14.5. The normalized spacial score (nSPS) is 15.7. The minimum absolute atomic E-state index is 0.110. The quantitative estimate of drug-likeness (QED) is 0.185. The van der Waals surface area contributed by atoms with Crippen LogP contribution in [0.25, 0.3) is 33.6 Å². The van der Waals surface area contributed by atoms with Gasteiger partial charge in [0.15, 0.2) is 0 Å². The van der Waals surface area contributed by atoms with Gasteiger partial charge in [-0.05, 0) is 46.6 Å². The summed E-state index contributed by atoms with van der Waals surface area (Å²) in [7, 11) is 0. The number of carbonyl (C=O) groups is 1. The van der Waals surface area contributed by atoms with Crippen LogP contribution in [0.2, 0.25) is 0 Å². The van der Waals surface area contributed by atoms with Crippen LogP contribution >= 0.6 is 0 Å². The van der Waals surface area contributed by atoms with E-state index in [1.165, 1.54) is 0 Å². The average molecular weight is 561 g/mol. The van der Waals surface area contributed by atoms with Crippen LogP contribution in [0, 0.1) is 5.92 Å². The van der Waals surface area contributed by atoms with Crippen molar-refractivity contribution in [3.05, 3.63) is 108 Å². The van der Waals surface area contributed by atoms with Crippen LogP contribution in [0.5, 0.6) is 0 Å². The lowest BCUT2D eigenvalue weighted by molar-refractivity contribution is 0.0910. The molecule has 0 radical (unpaired) electrons. The number of amides is 1. The summed E-state index contributed by atoms with van der Waals surface area (Å²) in [6, 6.07) is 26.4. The van der Waals surface area contributed by atoms with E-state index in [2.05, 4.69) is 82.3 Å². The lowest BCUT2D eigenvalue weighted by atomic mass is 10.0. The second-order valence-corrected chi connectivity index (χ2v) is 11.2. The number of rotatable bonds is 8. The molecule has 0 spiro atoms. The number of nitrogens with zero attached hydrogens (tertiary/aromatic N) is 3. The number of H-pyrrole nitrogens is 2. The number of ether oxygens (including phenoxy) is 1. The van der Waals surface area contributed by atoms with Crippen molar-refractivity contribution in [2.45, 2.75) is 45.4 Å². The van der Waals surface area contributed by atoms with E-state index in [9.17, 15) is 4.79 Å². The van der Waals surface area contributed by atoms with Gasteiger partial charge >= 0.3 is 6.09 Å². The van der Waals surface area contributed by atoms with Crippen molar-refractivity contribution in [3.8, 4) is 33.6 Å². The van der Waals surface area contributed by atoms with Gasteiger partial charge in [-0.15, -0.1) is 0 Å². The van der Waals surface area contributed by atoms with Gasteiger partial charge in [0.1, 0.15) is 18.3 Å². The van der Waals surface area contributed by atoms with Crippen LogP contribution in [0.4, 0.5) is 4.79 Å². The number of likely N-dealkylation sites (tertiary alicyclic amines) is 1. The molecule has 1 aliphatic heterocycles. The monoisotopic (exact) mass is 560 g/mol. The summed E-state index contributed by atoms with van der Waals surface area (Å²) < 4.78 is 5.60. The lowest BCUT2D eigenvalue weighted by Gasteiger charge is -2.22. The summed E-state index contributed by atoms with van der Waals surface area (Å²) in [4.78, 5) is 30.6. The van der Waals surface area contributed by atoms with Gasteiger partial charge in [0.2, 0.25) is 0 Å². The smallest absolute Gasteiger partial charge is 0.410 e. The summed E-state index contributed by atoms with van der Waals surface area (Å²) >= 11 is 0. The van der Waals surface area contributed by atoms with Gasteiger partial charge in [-0.25, -0.2) is 14.8 Å². The first-order chi connectivity index (χ1) is 20.5. The first kappa shape index (κ1) is 27.5. The molecule has 5 aromatic rings. The number of imidazole rings is 2. The molecular formula is C34H36N6O2. The Morgan fingerprint density at radius 1 is 0.881 bits per heavy atom. The van der Waals surface area contributed by atoms with Crippen molar-refractivity contribution in [3.63, 3.8) is 0 Å². The van der Waals surface area contributed by atoms with Crippen molar-refractivity contribution in [1.29, 1.82) is 0 Å². The summed E-state index contributed by atoms with van der Waals surface area (Å²) in [6.07, 6.45) is 5.16. The minimum atomic E-state index is -0.304. The standard InChI is InChI=1S/C34H36N6O2/c1-22(2)31(35)33-37-20-29(39-33)27-16-12-25(13-17-27)24-10-14-26(15-11-24)28-19-36-32(38-28)30-9-6-18-40(30)34(41)42-21-23-7-4-3-5-8-23/h3-5,7-8,10-17,19-20,22,30-31H,6,9,18,21,35H2,1-2H3,(H,36,38)(H,37,39)/t30-,31-/m0/s1. The number of nitrogens with two attached hydrogens (primary N) is 1. The van der Waals surface area contributed by atoms with Gasteiger partial charge in [-0.1, -0.05) is 92.7 Å². The first-order valence-electron chi connectivity index (χ1n) is 14.5. The molecule has 0 bridgehead atoms. The molecule has 2 aromatic heterocycles. The maximum absolute atomic E-state index is 12.9. The molecule has 1 saturated heterocycles.